The standard InChI is InChI=1S/C15H23NO2/c1-3-15(4-2,11-17)10-16-13-5-6-14-12(9-13)7-8-18-14/h5-6,9,16-17H,3-4,7-8,10-11H2,1-2H3. The number of benzene rings is 1. The molecule has 0 aliphatic carbocycles. The predicted molar refractivity (Wildman–Crippen MR) is 74.2 cm³/mol. The molecule has 1 aliphatic rings. The molecule has 3 heteroatoms. The molecular formula is C15H23NO2. The van der Waals surface area contributed by atoms with Gasteiger partial charge in [-0.2, -0.15) is 0 Å². The highest BCUT2D eigenvalue weighted by molar-refractivity contribution is 5.52. The van der Waals surface area contributed by atoms with Crippen molar-refractivity contribution in [2.24, 2.45) is 5.41 Å². The van der Waals surface area contributed by atoms with E-state index in [-0.39, 0.29) is 12.0 Å². The lowest BCUT2D eigenvalue weighted by Crippen LogP contribution is -2.32. The Hall–Kier alpha value is -1.22. The average Bonchev–Trinajstić information content (AvgIpc) is 2.88. The fourth-order valence-electron chi connectivity index (χ4n) is 2.37. The van der Waals surface area contributed by atoms with Crippen LogP contribution in [0.5, 0.6) is 5.75 Å². The van der Waals surface area contributed by atoms with E-state index in [4.69, 9.17) is 4.74 Å². The van der Waals surface area contributed by atoms with Gasteiger partial charge < -0.3 is 15.2 Å². The number of aliphatic hydroxyl groups is 1. The van der Waals surface area contributed by atoms with E-state index in [9.17, 15) is 5.11 Å². The Morgan fingerprint density at radius 1 is 1.33 bits per heavy atom. The summed E-state index contributed by atoms with van der Waals surface area (Å²) >= 11 is 0. The van der Waals surface area contributed by atoms with Crippen molar-refractivity contribution in [1.29, 1.82) is 0 Å². The summed E-state index contributed by atoms with van der Waals surface area (Å²) in [6, 6.07) is 6.25. The molecule has 0 saturated heterocycles. The van der Waals surface area contributed by atoms with E-state index < -0.39 is 0 Å². The Bertz CT molecular complexity index is 391. The third-order valence-corrected chi connectivity index (χ3v) is 4.19. The van der Waals surface area contributed by atoms with Gasteiger partial charge in [-0.15, -0.1) is 0 Å². The number of rotatable bonds is 6. The van der Waals surface area contributed by atoms with Gasteiger partial charge >= 0.3 is 0 Å². The second-order valence-corrected chi connectivity index (χ2v) is 5.14. The van der Waals surface area contributed by atoms with E-state index in [2.05, 4.69) is 31.3 Å². The third kappa shape index (κ3) is 2.61. The summed E-state index contributed by atoms with van der Waals surface area (Å²) in [5, 5.41) is 13.0. The number of nitrogens with one attached hydrogen (secondary N) is 1. The summed E-state index contributed by atoms with van der Waals surface area (Å²) in [7, 11) is 0. The highest BCUT2D eigenvalue weighted by Crippen LogP contribution is 2.30. The molecule has 0 bridgehead atoms. The first-order chi connectivity index (χ1) is 8.73. The fourth-order valence-corrected chi connectivity index (χ4v) is 2.37. The number of hydrogen-bond acceptors (Lipinski definition) is 3. The normalized spacial score (nSPS) is 14.2. The van der Waals surface area contributed by atoms with Crippen LogP contribution in [0.1, 0.15) is 32.3 Å². The molecule has 2 rings (SSSR count). The van der Waals surface area contributed by atoms with Gasteiger partial charge in [0.1, 0.15) is 5.75 Å². The van der Waals surface area contributed by atoms with Gasteiger partial charge in [-0.3, -0.25) is 0 Å². The largest absolute Gasteiger partial charge is 0.493 e. The summed E-state index contributed by atoms with van der Waals surface area (Å²) in [4.78, 5) is 0. The molecule has 0 amide bonds. The lowest BCUT2D eigenvalue weighted by molar-refractivity contribution is 0.127. The number of aliphatic hydroxyl groups excluding tert-OH is 1. The van der Waals surface area contributed by atoms with E-state index in [1.807, 2.05) is 6.07 Å². The average molecular weight is 249 g/mol. The molecule has 0 saturated carbocycles. The summed E-state index contributed by atoms with van der Waals surface area (Å²) in [5.41, 5.74) is 2.40. The minimum atomic E-state index is -0.00445. The first kappa shape index (κ1) is 13.2. The number of fused-ring (bicyclic) bond motifs is 1. The molecule has 100 valence electrons. The lowest BCUT2D eigenvalue weighted by atomic mass is 9.83. The van der Waals surface area contributed by atoms with Crippen LogP contribution in [-0.2, 0) is 6.42 Å². The minimum Gasteiger partial charge on any atom is -0.493 e. The van der Waals surface area contributed by atoms with Crippen molar-refractivity contribution in [2.75, 3.05) is 25.1 Å². The quantitative estimate of drug-likeness (QED) is 0.814. The molecule has 1 aromatic carbocycles. The van der Waals surface area contributed by atoms with Crippen LogP contribution in [0.25, 0.3) is 0 Å². The number of ether oxygens (including phenoxy) is 1. The maximum atomic E-state index is 9.55. The molecule has 0 aromatic heterocycles. The summed E-state index contributed by atoms with van der Waals surface area (Å²) < 4.78 is 5.49. The molecule has 0 spiro atoms. The summed E-state index contributed by atoms with van der Waals surface area (Å²) in [5.74, 6) is 1.01. The van der Waals surface area contributed by atoms with E-state index in [1.54, 1.807) is 0 Å². The molecule has 2 N–H and O–H groups in total. The van der Waals surface area contributed by atoms with Crippen molar-refractivity contribution in [3.05, 3.63) is 23.8 Å². The first-order valence-electron chi connectivity index (χ1n) is 6.83. The fraction of sp³-hybridized carbons (Fsp3) is 0.600. The smallest absolute Gasteiger partial charge is 0.122 e. The van der Waals surface area contributed by atoms with Gasteiger partial charge in [-0.05, 0) is 36.6 Å². The molecule has 0 atom stereocenters. The lowest BCUT2D eigenvalue weighted by Gasteiger charge is -2.30. The zero-order valence-electron chi connectivity index (χ0n) is 11.3. The SMILES string of the molecule is CCC(CC)(CO)CNc1ccc2c(c1)CCO2. The van der Waals surface area contributed by atoms with Crippen LogP contribution in [0.15, 0.2) is 18.2 Å². The molecule has 3 nitrogen and oxygen atoms in total. The molecule has 0 unspecified atom stereocenters. The van der Waals surface area contributed by atoms with Crippen molar-refractivity contribution in [2.45, 2.75) is 33.1 Å². The molecule has 1 heterocycles. The van der Waals surface area contributed by atoms with Gasteiger partial charge in [0.25, 0.3) is 0 Å². The Balaban J connectivity index is 2.01. The van der Waals surface area contributed by atoms with Gasteiger partial charge in [0.2, 0.25) is 0 Å². The van der Waals surface area contributed by atoms with Crippen molar-refractivity contribution in [1.82, 2.24) is 0 Å². The highest BCUT2D eigenvalue weighted by Gasteiger charge is 2.25. The minimum absolute atomic E-state index is 0.00445. The van der Waals surface area contributed by atoms with E-state index in [1.165, 1.54) is 5.56 Å². The molecule has 1 aromatic rings. The third-order valence-electron chi connectivity index (χ3n) is 4.19. The highest BCUT2D eigenvalue weighted by atomic mass is 16.5. The van der Waals surface area contributed by atoms with Crippen LogP contribution in [-0.4, -0.2) is 24.9 Å². The van der Waals surface area contributed by atoms with Crippen LogP contribution in [0.3, 0.4) is 0 Å². The number of anilines is 1. The Labute approximate surface area is 109 Å². The molecule has 0 radical (unpaired) electrons. The van der Waals surface area contributed by atoms with Crippen molar-refractivity contribution < 1.29 is 9.84 Å². The van der Waals surface area contributed by atoms with Gasteiger partial charge in [-0.1, -0.05) is 13.8 Å². The van der Waals surface area contributed by atoms with Gasteiger partial charge in [0.15, 0.2) is 0 Å². The van der Waals surface area contributed by atoms with Crippen molar-refractivity contribution in [3.8, 4) is 5.75 Å². The van der Waals surface area contributed by atoms with Crippen molar-refractivity contribution >= 4 is 5.69 Å². The Morgan fingerprint density at radius 2 is 2.11 bits per heavy atom. The molecule has 0 fully saturated rings. The van der Waals surface area contributed by atoms with E-state index in [0.717, 1.165) is 43.9 Å². The Morgan fingerprint density at radius 3 is 2.78 bits per heavy atom. The van der Waals surface area contributed by atoms with Crippen LogP contribution < -0.4 is 10.1 Å². The van der Waals surface area contributed by atoms with Gasteiger partial charge in [0, 0.05) is 24.1 Å². The monoisotopic (exact) mass is 249 g/mol. The zero-order valence-corrected chi connectivity index (χ0v) is 11.3. The summed E-state index contributed by atoms with van der Waals surface area (Å²) in [6.07, 6.45) is 2.97. The molecule has 1 aliphatic heterocycles. The van der Waals surface area contributed by atoms with Crippen molar-refractivity contribution in [3.63, 3.8) is 0 Å². The maximum absolute atomic E-state index is 9.55. The molecular weight excluding hydrogens is 226 g/mol. The van der Waals surface area contributed by atoms with E-state index >= 15 is 0 Å². The molecule has 18 heavy (non-hydrogen) atoms. The van der Waals surface area contributed by atoms with Crippen LogP contribution in [0.2, 0.25) is 0 Å². The zero-order chi connectivity index (χ0) is 13.0. The second kappa shape index (κ2) is 5.61. The van der Waals surface area contributed by atoms with Gasteiger partial charge in [-0.25, -0.2) is 0 Å². The predicted octanol–water partition coefficient (Wildman–Crippen LogP) is 2.83. The van der Waals surface area contributed by atoms with Crippen LogP contribution >= 0.6 is 0 Å². The Kier molecular flexibility index (Phi) is 4.12. The van der Waals surface area contributed by atoms with E-state index in [0.29, 0.717) is 0 Å². The van der Waals surface area contributed by atoms with Gasteiger partial charge in [0.05, 0.1) is 13.2 Å². The summed E-state index contributed by atoms with van der Waals surface area (Å²) in [6.45, 7) is 6.12. The van der Waals surface area contributed by atoms with Crippen LogP contribution in [0, 0.1) is 5.41 Å². The van der Waals surface area contributed by atoms with Crippen LogP contribution in [0.4, 0.5) is 5.69 Å². The topological polar surface area (TPSA) is 41.5 Å². The second-order valence-electron chi connectivity index (χ2n) is 5.14. The first-order valence-corrected chi connectivity index (χ1v) is 6.83. The maximum Gasteiger partial charge on any atom is 0.122 e. The number of hydrogen-bond donors (Lipinski definition) is 2.